The molecule has 1 amide bonds. The summed E-state index contributed by atoms with van der Waals surface area (Å²) in [6, 6.07) is 6.10. The maximum absolute atomic E-state index is 11.5. The van der Waals surface area contributed by atoms with Crippen LogP contribution in [0.5, 0.6) is 0 Å². The van der Waals surface area contributed by atoms with Crippen LogP contribution in [0.25, 0.3) is 10.6 Å². The number of nitrogens with zero attached hydrogens (tertiary/aromatic N) is 3. The van der Waals surface area contributed by atoms with Gasteiger partial charge in [0.2, 0.25) is 11.0 Å². The second kappa shape index (κ2) is 7.09. The largest absolute Gasteiger partial charge is 0.301 e. The molecule has 2 aromatic rings. The number of rotatable bonds is 6. The number of benzene rings is 1. The van der Waals surface area contributed by atoms with Crippen molar-refractivity contribution in [1.82, 2.24) is 10.2 Å². The number of aromatic nitrogens is 2. The Kier molecular flexibility index (Phi) is 5.18. The minimum absolute atomic E-state index is 0.0181. The van der Waals surface area contributed by atoms with Gasteiger partial charge in [0.15, 0.2) is 0 Å². The maximum Gasteiger partial charge on any atom is 0.270 e. The van der Waals surface area contributed by atoms with E-state index in [4.69, 9.17) is 11.6 Å². The highest BCUT2D eigenvalue weighted by Crippen LogP contribution is 2.28. The molecular formula is C12H11ClN4O3S. The monoisotopic (exact) mass is 326 g/mol. The lowest BCUT2D eigenvalue weighted by molar-refractivity contribution is -0.384. The molecule has 0 spiro atoms. The Morgan fingerprint density at radius 2 is 2.24 bits per heavy atom. The summed E-state index contributed by atoms with van der Waals surface area (Å²) in [5, 5.41) is 22.0. The van der Waals surface area contributed by atoms with Crippen molar-refractivity contribution in [3.63, 3.8) is 0 Å². The second-order valence-electron chi connectivity index (χ2n) is 4.06. The zero-order valence-corrected chi connectivity index (χ0v) is 12.4. The lowest BCUT2D eigenvalue weighted by atomic mass is 10.2. The minimum atomic E-state index is -0.473. The van der Waals surface area contributed by atoms with Crippen molar-refractivity contribution < 1.29 is 9.72 Å². The van der Waals surface area contributed by atoms with Crippen molar-refractivity contribution in [1.29, 1.82) is 0 Å². The van der Waals surface area contributed by atoms with Crippen LogP contribution in [-0.4, -0.2) is 26.9 Å². The Morgan fingerprint density at radius 3 is 2.95 bits per heavy atom. The highest BCUT2D eigenvalue weighted by molar-refractivity contribution is 7.18. The molecule has 0 aliphatic heterocycles. The molecule has 0 radical (unpaired) electrons. The third-order valence-electron chi connectivity index (χ3n) is 2.51. The molecule has 0 unspecified atom stereocenters. The number of amides is 1. The summed E-state index contributed by atoms with van der Waals surface area (Å²) in [7, 11) is 0. The summed E-state index contributed by atoms with van der Waals surface area (Å²) in [5.41, 5.74) is 0.568. The van der Waals surface area contributed by atoms with E-state index < -0.39 is 4.92 Å². The van der Waals surface area contributed by atoms with E-state index in [1.807, 2.05) is 0 Å². The summed E-state index contributed by atoms with van der Waals surface area (Å²) < 4.78 is 0. The summed E-state index contributed by atoms with van der Waals surface area (Å²) in [5.74, 6) is 0.236. The fourth-order valence-electron chi connectivity index (χ4n) is 1.55. The number of non-ortho nitro benzene ring substituents is 1. The number of halogens is 1. The average molecular weight is 327 g/mol. The van der Waals surface area contributed by atoms with Crippen molar-refractivity contribution in [2.24, 2.45) is 0 Å². The minimum Gasteiger partial charge on any atom is -0.301 e. The molecule has 0 saturated heterocycles. The van der Waals surface area contributed by atoms with Gasteiger partial charge in [0.25, 0.3) is 5.69 Å². The zero-order chi connectivity index (χ0) is 15.2. The van der Waals surface area contributed by atoms with Crippen LogP contribution in [0.2, 0.25) is 0 Å². The van der Waals surface area contributed by atoms with Gasteiger partial charge in [-0.1, -0.05) is 23.5 Å². The molecule has 0 saturated carbocycles. The third kappa shape index (κ3) is 4.20. The molecule has 0 atom stereocenters. The average Bonchev–Trinajstić information content (AvgIpc) is 2.93. The van der Waals surface area contributed by atoms with Gasteiger partial charge in [-0.3, -0.25) is 14.9 Å². The van der Waals surface area contributed by atoms with Gasteiger partial charge in [-0.25, -0.2) is 0 Å². The highest BCUT2D eigenvalue weighted by atomic mass is 35.5. The smallest absolute Gasteiger partial charge is 0.270 e. The fraction of sp³-hybridized carbons (Fsp3) is 0.250. The van der Waals surface area contributed by atoms with E-state index in [9.17, 15) is 14.9 Å². The molecule has 1 heterocycles. The van der Waals surface area contributed by atoms with E-state index >= 15 is 0 Å². The molecular weight excluding hydrogens is 316 g/mol. The van der Waals surface area contributed by atoms with Crippen molar-refractivity contribution >= 4 is 39.7 Å². The van der Waals surface area contributed by atoms with Crippen LogP contribution < -0.4 is 5.32 Å². The van der Waals surface area contributed by atoms with E-state index in [1.165, 1.54) is 12.1 Å². The Morgan fingerprint density at radius 1 is 1.43 bits per heavy atom. The topological polar surface area (TPSA) is 98.0 Å². The zero-order valence-electron chi connectivity index (χ0n) is 10.8. The molecule has 1 aromatic carbocycles. The number of anilines is 1. The van der Waals surface area contributed by atoms with Crippen LogP contribution in [-0.2, 0) is 4.79 Å². The Hall–Kier alpha value is -2.06. The summed E-state index contributed by atoms with van der Waals surface area (Å²) in [6.07, 6.45) is 0.902. The Bertz CT molecular complexity index is 661. The van der Waals surface area contributed by atoms with Crippen LogP contribution in [0.3, 0.4) is 0 Å². The lowest BCUT2D eigenvalue weighted by Crippen LogP contribution is -2.10. The van der Waals surface area contributed by atoms with Crippen molar-refractivity contribution in [2.45, 2.75) is 12.8 Å². The summed E-state index contributed by atoms with van der Waals surface area (Å²) in [4.78, 5) is 21.8. The number of nitro groups is 1. The Labute approximate surface area is 129 Å². The summed E-state index contributed by atoms with van der Waals surface area (Å²) in [6.45, 7) is 0. The van der Waals surface area contributed by atoms with Crippen LogP contribution in [0.1, 0.15) is 12.8 Å². The van der Waals surface area contributed by atoms with E-state index in [0.717, 1.165) is 11.3 Å². The number of alkyl halides is 1. The van der Waals surface area contributed by atoms with Gasteiger partial charge < -0.3 is 5.32 Å². The standard InChI is InChI=1S/C12H11ClN4O3S/c13-6-2-5-10(18)14-12-16-15-11(21-12)8-3-1-4-9(7-8)17(19)20/h1,3-4,7H,2,5-6H2,(H,14,16,18). The van der Waals surface area contributed by atoms with E-state index in [0.29, 0.717) is 34.4 Å². The molecule has 9 heteroatoms. The van der Waals surface area contributed by atoms with Crippen LogP contribution in [0.15, 0.2) is 24.3 Å². The van der Waals surface area contributed by atoms with Gasteiger partial charge in [0.1, 0.15) is 5.01 Å². The van der Waals surface area contributed by atoms with Crippen molar-refractivity contribution in [3.05, 3.63) is 34.4 Å². The molecule has 0 aliphatic carbocycles. The molecule has 2 rings (SSSR count). The van der Waals surface area contributed by atoms with Gasteiger partial charge in [-0.2, -0.15) is 0 Å². The van der Waals surface area contributed by atoms with Gasteiger partial charge in [-0.15, -0.1) is 21.8 Å². The predicted octanol–water partition coefficient (Wildman–Crippen LogP) is 3.07. The number of carbonyl (C=O) groups is 1. The van der Waals surface area contributed by atoms with Gasteiger partial charge in [-0.05, 0) is 6.42 Å². The van der Waals surface area contributed by atoms with Gasteiger partial charge >= 0.3 is 0 Å². The first kappa shape index (κ1) is 15.3. The van der Waals surface area contributed by atoms with Gasteiger partial charge in [0, 0.05) is 30.0 Å². The molecule has 1 N–H and O–H groups in total. The van der Waals surface area contributed by atoms with Crippen LogP contribution in [0.4, 0.5) is 10.8 Å². The van der Waals surface area contributed by atoms with Gasteiger partial charge in [0.05, 0.1) is 4.92 Å². The molecule has 0 fully saturated rings. The molecule has 0 bridgehead atoms. The number of hydrogen-bond donors (Lipinski definition) is 1. The number of carbonyl (C=O) groups excluding carboxylic acids is 1. The molecule has 7 nitrogen and oxygen atoms in total. The van der Waals surface area contributed by atoms with Crippen molar-refractivity contribution in [3.8, 4) is 10.6 Å². The lowest BCUT2D eigenvalue weighted by Gasteiger charge is -1.98. The molecule has 0 aliphatic rings. The highest BCUT2D eigenvalue weighted by Gasteiger charge is 2.12. The first-order chi connectivity index (χ1) is 10.1. The predicted molar refractivity (Wildman–Crippen MR) is 80.6 cm³/mol. The third-order valence-corrected chi connectivity index (χ3v) is 3.67. The normalized spacial score (nSPS) is 10.3. The molecule has 1 aromatic heterocycles. The van der Waals surface area contributed by atoms with Crippen LogP contribution >= 0.6 is 22.9 Å². The van der Waals surface area contributed by atoms with Crippen molar-refractivity contribution in [2.75, 3.05) is 11.2 Å². The second-order valence-corrected chi connectivity index (χ2v) is 5.42. The molecule has 110 valence electrons. The van der Waals surface area contributed by atoms with E-state index in [-0.39, 0.29) is 11.6 Å². The number of hydrogen-bond acceptors (Lipinski definition) is 6. The number of nitrogens with one attached hydrogen (secondary N) is 1. The quantitative estimate of drug-likeness (QED) is 0.499. The molecule has 21 heavy (non-hydrogen) atoms. The van der Waals surface area contributed by atoms with E-state index in [2.05, 4.69) is 15.5 Å². The van der Waals surface area contributed by atoms with Crippen LogP contribution in [0, 0.1) is 10.1 Å². The summed E-state index contributed by atoms with van der Waals surface area (Å²) >= 11 is 6.67. The van der Waals surface area contributed by atoms with E-state index in [1.54, 1.807) is 12.1 Å². The SMILES string of the molecule is O=C(CCCCl)Nc1nnc(-c2cccc([N+](=O)[O-])c2)s1. The fourth-order valence-corrected chi connectivity index (χ4v) is 2.44. The Balaban J connectivity index is 2.11. The maximum atomic E-state index is 11.5. The number of nitro benzene ring substituents is 1. The first-order valence-corrected chi connectivity index (χ1v) is 7.39. The first-order valence-electron chi connectivity index (χ1n) is 6.04.